The molecule has 170 valence electrons. The zero-order valence-electron chi connectivity index (χ0n) is 18.9. The van der Waals surface area contributed by atoms with Gasteiger partial charge in [-0.15, -0.1) is 0 Å². The second kappa shape index (κ2) is 11.7. The number of unbranched alkanes of at least 4 members (excludes halogenated alkanes) is 1. The maximum absolute atomic E-state index is 12.6. The number of benzene rings is 2. The van der Waals surface area contributed by atoms with Crippen molar-refractivity contribution >= 4 is 35.3 Å². The number of anilines is 1. The lowest BCUT2D eigenvalue weighted by atomic mass is 10.1. The third-order valence-electron chi connectivity index (χ3n) is 5.24. The van der Waals surface area contributed by atoms with Crippen LogP contribution in [-0.2, 0) is 4.79 Å². The first-order chi connectivity index (χ1) is 15.5. The molecule has 0 atom stereocenters. The third kappa shape index (κ3) is 6.61. The lowest BCUT2D eigenvalue weighted by Gasteiger charge is -2.19. The molecule has 0 aliphatic carbocycles. The molecule has 0 bridgehead atoms. The lowest BCUT2D eigenvalue weighted by Crippen LogP contribution is -2.29. The Balaban J connectivity index is 1.57. The molecule has 2 amide bonds. The fourth-order valence-electron chi connectivity index (χ4n) is 3.35. The third-order valence-corrected chi connectivity index (χ3v) is 6.34. The molecule has 0 aromatic heterocycles. The quantitative estimate of drug-likeness (QED) is 0.405. The highest BCUT2D eigenvalue weighted by atomic mass is 32.2. The number of methoxy groups -OCH3 is 1. The molecule has 0 radical (unpaired) electrons. The van der Waals surface area contributed by atoms with Gasteiger partial charge in [0.15, 0.2) is 0 Å². The van der Waals surface area contributed by atoms with Crippen LogP contribution in [0.25, 0.3) is 6.08 Å². The second-order valence-corrected chi connectivity index (χ2v) is 8.90. The topological polar surface area (TPSA) is 70.7 Å². The van der Waals surface area contributed by atoms with E-state index in [1.807, 2.05) is 36.4 Å². The summed E-state index contributed by atoms with van der Waals surface area (Å²) in [5, 5.41) is 5.88. The van der Waals surface area contributed by atoms with Crippen LogP contribution in [0, 0.1) is 0 Å². The van der Waals surface area contributed by atoms with Gasteiger partial charge in [-0.05, 0) is 75.0 Å². The van der Waals surface area contributed by atoms with Gasteiger partial charge in [0.25, 0.3) is 11.8 Å². The molecule has 1 heterocycles. The SMILES string of the molecule is CCCCN(C)CCCNC(=O)c1ccc2c(c1)NC(=O)C(=Cc1ccc(OC)cc1)S2. The van der Waals surface area contributed by atoms with Gasteiger partial charge in [-0.3, -0.25) is 9.59 Å². The van der Waals surface area contributed by atoms with E-state index in [1.165, 1.54) is 24.6 Å². The number of fused-ring (bicyclic) bond motifs is 1. The highest BCUT2D eigenvalue weighted by molar-refractivity contribution is 8.04. The van der Waals surface area contributed by atoms with Crippen LogP contribution < -0.4 is 15.4 Å². The zero-order chi connectivity index (χ0) is 22.9. The van der Waals surface area contributed by atoms with Gasteiger partial charge in [0.05, 0.1) is 17.7 Å². The van der Waals surface area contributed by atoms with E-state index in [2.05, 4.69) is 29.5 Å². The van der Waals surface area contributed by atoms with Crippen molar-refractivity contribution in [2.24, 2.45) is 0 Å². The Hall–Kier alpha value is -2.77. The molecule has 0 fully saturated rings. The van der Waals surface area contributed by atoms with Gasteiger partial charge in [0.1, 0.15) is 5.75 Å². The highest BCUT2D eigenvalue weighted by Crippen LogP contribution is 2.39. The minimum absolute atomic E-state index is 0.122. The second-order valence-electron chi connectivity index (χ2n) is 7.82. The molecule has 2 aromatic rings. The summed E-state index contributed by atoms with van der Waals surface area (Å²) in [6.45, 7) is 4.86. The highest BCUT2D eigenvalue weighted by Gasteiger charge is 2.22. The van der Waals surface area contributed by atoms with E-state index >= 15 is 0 Å². The van der Waals surface area contributed by atoms with Crippen LogP contribution in [0.4, 0.5) is 5.69 Å². The van der Waals surface area contributed by atoms with Crippen LogP contribution in [0.3, 0.4) is 0 Å². The van der Waals surface area contributed by atoms with E-state index in [0.29, 0.717) is 22.7 Å². The number of carbonyl (C=O) groups is 2. The summed E-state index contributed by atoms with van der Waals surface area (Å²) in [5.41, 5.74) is 2.13. The number of carbonyl (C=O) groups excluding carboxylic acids is 2. The number of nitrogens with one attached hydrogen (secondary N) is 2. The van der Waals surface area contributed by atoms with E-state index in [9.17, 15) is 9.59 Å². The monoisotopic (exact) mass is 453 g/mol. The summed E-state index contributed by atoms with van der Waals surface area (Å²) in [5.74, 6) is 0.474. The molecule has 6 nitrogen and oxygen atoms in total. The van der Waals surface area contributed by atoms with Crippen molar-refractivity contribution in [3.05, 3.63) is 58.5 Å². The summed E-state index contributed by atoms with van der Waals surface area (Å²) in [7, 11) is 3.73. The summed E-state index contributed by atoms with van der Waals surface area (Å²) in [6.07, 6.45) is 5.13. The van der Waals surface area contributed by atoms with E-state index in [1.54, 1.807) is 19.2 Å². The molecule has 1 aliphatic rings. The number of ether oxygens (including phenoxy) is 1. The Labute approximate surface area is 194 Å². The predicted molar refractivity (Wildman–Crippen MR) is 131 cm³/mol. The van der Waals surface area contributed by atoms with Crippen molar-refractivity contribution in [2.45, 2.75) is 31.1 Å². The van der Waals surface area contributed by atoms with Gasteiger partial charge in [0.2, 0.25) is 0 Å². The van der Waals surface area contributed by atoms with Gasteiger partial charge < -0.3 is 20.3 Å². The van der Waals surface area contributed by atoms with Crippen LogP contribution in [0.15, 0.2) is 52.3 Å². The standard InChI is InChI=1S/C25H31N3O3S/c1-4-5-14-28(2)15-6-13-26-24(29)19-9-12-22-21(17-19)27-25(30)23(32-22)16-18-7-10-20(31-3)11-8-18/h7-12,16-17H,4-6,13-15H2,1-3H3,(H,26,29)(H,27,30). The van der Waals surface area contributed by atoms with Crippen LogP contribution in [0.2, 0.25) is 0 Å². The van der Waals surface area contributed by atoms with Gasteiger partial charge in [-0.25, -0.2) is 0 Å². The van der Waals surface area contributed by atoms with Crippen molar-refractivity contribution < 1.29 is 14.3 Å². The Morgan fingerprint density at radius 1 is 1.16 bits per heavy atom. The van der Waals surface area contributed by atoms with Crippen molar-refractivity contribution in [2.75, 3.05) is 39.1 Å². The van der Waals surface area contributed by atoms with E-state index in [-0.39, 0.29) is 11.8 Å². The predicted octanol–water partition coefficient (Wildman–Crippen LogP) is 4.63. The van der Waals surface area contributed by atoms with Crippen molar-refractivity contribution in [3.63, 3.8) is 0 Å². The average Bonchev–Trinajstić information content (AvgIpc) is 2.81. The maximum Gasteiger partial charge on any atom is 0.262 e. The van der Waals surface area contributed by atoms with Gasteiger partial charge >= 0.3 is 0 Å². The number of hydrogen-bond acceptors (Lipinski definition) is 5. The molecule has 0 saturated carbocycles. The van der Waals surface area contributed by atoms with Crippen LogP contribution >= 0.6 is 11.8 Å². The van der Waals surface area contributed by atoms with Crippen LogP contribution in [-0.4, -0.2) is 50.5 Å². The minimum Gasteiger partial charge on any atom is -0.497 e. The maximum atomic E-state index is 12.6. The Kier molecular flexibility index (Phi) is 8.76. The molecule has 2 N–H and O–H groups in total. The van der Waals surface area contributed by atoms with Crippen molar-refractivity contribution in [1.82, 2.24) is 10.2 Å². The molecular formula is C25H31N3O3S. The van der Waals surface area contributed by atoms with Gasteiger partial charge in [-0.1, -0.05) is 37.2 Å². The smallest absolute Gasteiger partial charge is 0.262 e. The number of amides is 2. The van der Waals surface area contributed by atoms with Gasteiger partial charge in [-0.2, -0.15) is 0 Å². The normalized spacial score (nSPS) is 14.2. The molecule has 0 spiro atoms. The summed E-state index contributed by atoms with van der Waals surface area (Å²) in [6, 6.07) is 13.0. The number of hydrogen-bond donors (Lipinski definition) is 2. The molecule has 0 saturated heterocycles. The van der Waals surface area contributed by atoms with Crippen LogP contribution in [0.5, 0.6) is 5.75 Å². The molecule has 32 heavy (non-hydrogen) atoms. The molecule has 1 aliphatic heterocycles. The fraction of sp³-hybridized carbons (Fsp3) is 0.360. The summed E-state index contributed by atoms with van der Waals surface area (Å²) < 4.78 is 5.17. The first-order valence-electron chi connectivity index (χ1n) is 11.0. The Morgan fingerprint density at radius 2 is 1.91 bits per heavy atom. The van der Waals surface area contributed by atoms with Crippen molar-refractivity contribution in [1.29, 1.82) is 0 Å². The molecule has 2 aromatic carbocycles. The van der Waals surface area contributed by atoms with Crippen LogP contribution in [0.1, 0.15) is 42.1 Å². The number of nitrogens with zero attached hydrogens (tertiary/aromatic N) is 1. The first-order valence-corrected chi connectivity index (χ1v) is 11.8. The largest absolute Gasteiger partial charge is 0.497 e. The minimum atomic E-state index is -0.175. The van der Waals surface area contributed by atoms with E-state index in [4.69, 9.17) is 4.74 Å². The first kappa shape index (κ1) is 23.9. The fourth-order valence-corrected chi connectivity index (χ4v) is 4.28. The van der Waals surface area contributed by atoms with E-state index in [0.717, 1.165) is 35.7 Å². The van der Waals surface area contributed by atoms with E-state index < -0.39 is 0 Å². The molecule has 7 heteroatoms. The Morgan fingerprint density at radius 3 is 2.62 bits per heavy atom. The zero-order valence-corrected chi connectivity index (χ0v) is 19.8. The molecule has 0 unspecified atom stereocenters. The number of thioether (sulfide) groups is 1. The number of rotatable bonds is 10. The van der Waals surface area contributed by atoms with Gasteiger partial charge in [0, 0.05) is 17.0 Å². The molecule has 3 rings (SSSR count). The molecular weight excluding hydrogens is 422 g/mol. The average molecular weight is 454 g/mol. The van der Waals surface area contributed by atoms with Crippen molar-refractivity contribution in [3.8, 4) is 5.75 Å². The lowest BCUT2D eigenvalue weighted by molar-refractivity contribution is -0.112. The Bertz CT molecular complexity index is 973. The summed E-state index contributed by atoms with van der Waals surface area (Å²) >= 11 is 1.40. The summed E-state index contributed by atoms with van der Waals surface area (Å²) in [4.78, 5) is 28.9.